The van der Waals surface area contributed by atoms with Crippen LogP contribution in [0.15, 0.2) is 21.9 Å². The molecule has 27 heavy (non-hydrogen) atoms. The van der Waals surface area contributed by atoms with Gasteiger partial charge in [0.05, 0.1) is 26.4 Å². The van der Waals surface area contributed by atoms with Gasteiger partial charge in [0.15, 0.2) is 0 Å². The van der Waals surface area contributed by atoms with E-state index in [-0.39, 0.29) is 25.3 Å². The van der Waals surface area contributed by atoms with Crippen molar-refractivity contribution in [2.75, 3.05) is 53.6 Å². The summed E-state index contributed by atoms with van der Waals surface area (Å²) in [5.74, 6) is -0.182. The molecule has 1 amide bonds. The zero-order valence-electron chi connectivity index (χ0n) is 15.7. The first-order chi connectivity index (χ1) is 12.9. The zero-order chi connectivity index (χ0) is 20.5. The number of aryl methyl sites for hydroxylation is 1. The number of aromatic nitrogens is 2. The Hall–Kier alpha value is -2.50. The van der Waals surface area contributed by atoms with Crippen LogP contribution in [0.4, 0.5) is 0 Å². The molecule has 0 bridgehead atoms. The lowest BCUT2D eigenvalue weighted by Gasteiger charge is -2.10. The molecule has 0 fully saturated rings. The van der Waals surface area contributed by atoms with E-state index >= 15 is 0 Å². The number of ether oxygens (including phenoxy) is 2. The molecule has 0 aromatic carbocycles. The normalized spacial score (nSPS) is 10.2. The third-order valence-electron chi connectivity index (χ3n) is 3.10. The molecule has 0 spiro atoms. The van der Waals surface area contributed by atoms with Crippen molar-refractivity contribution < 1.29 is 24.2 Å². The van der Waals surface area contributed by atoms with Gasteiger partial charge < -0.3 is 29.4 Å². The standard InChI is InChI=1S/C15H26N4O5.CH2O2/c1-18(2)8-10-24-12-11-23-9-5-16-13(20)3-6-19-7-4-14(21)17-15(19)22;2-1-3/h4,7H,3,5-6,8-12H2,1-2H3,(H,16,20)(H,17,21,22);1H,(H,2,3). The van der Waals surface area contributed by atoms with Gasteiger partial charge in [0, 0.05) is 38.3 Å². The Bertz CT molecular complexity index is 642. The van der Waals surface area contributed by atoms with Gasteiger partial charge in [-0.2, -0.15) is 0 Å². The second kappa shape index (κ2) is 15.7. The van der Waals surface area contributed by atoms with E-state index in [9.17, 15) is 14.4 Å². The van der Waals surface area contributed by atoms with Crippen LogP contribution < -0.4 is 16.6 Å². The highest BCUT2D eigenvalue weighted by Crippen LogP contribution is 1.86. The Labute approximate surface area is 156 Å². The van der Waals surface area contributed by atoms with Crippen LogP contribution in [-0.4, -0.2) is 85.5 Å². The Balaban J connectivity index is 0.00000210. The van der Waals surface area contributed by atoms with E-state index in [4.69, 9.17) is 19.4 Å². The number of hydrogen-bond acceptors (Lipinski definition) is 7. The third-order valence-corrected chi connectivity index (χ3v) is 3.10. The van der Waals surface area contributed by atoms with Crippen LogP contribution in [0.3, 0.4) is 0 Å². The maximum absolute atomic E-state index is 11.6. The van der Waals surface area contributed by atoms with E-state index < -0.39 is 11.2 Å². The predicted molar refractivity (Wildman–Crippen MR) is 97.8 cm³/mol. The van der Waals surface area contributed by atoms with Crippen molar-refractivity contribution in [1.82, 2.24) is 19.8 Å². The summed E-state index contributed by atoms with van der Waals surface area (Å²) in [6.45, 7) is 3.30. The summed E-state index contributed by atoms with van der Waals surface area (Å²) in [4.78, 5) is 46.5. The Morgan fingerprint density at radius 3 is 2.48 bits per heavy atom. The monoisotopic (exact) mass is 388 g/mol. The van der Waals surface area contributed by atoms with E-state index in [1.165, 1.54) is 16.8 Å². The number of nitrogens with one attached hydrogen (secondary N) is 2. The van der Waals surface area contributed by atoms with Crippen LogP contribution >= 0.6 is 0 Å². The molecular weight excluding hydrogens is 360 g/mol. The first-order valence-corrected chi connectivity index (χ1v) is 8.35. The Morgan fingerprint density at radius 1 is 1.26 bits per heavy atom. The van der Waals surface area contributed by atoms with Gasteiger partial charge in [-0.05, 0) is 14.1 Å². The summed E-state index contributed by atoms with van der Waals surface area (Å²) in [6.07, 6.45) is 1.52. The van der Waals surface area contributed by atoms with Crippen LogP contribution in [0.5, 0.6) is 0 Å². The summed E-state index contributed by atoms with van der Waals surface area (Å²) in [7, 11) is 3.96. The van der Waals surface area contributed by atoms with Crippen molar-refractivity contribution in [1.29, 1.82) is 0 Å². The molecule has 3 N–H and O–H groups in total. The summed E-state index contributed by atoms with van der Waals surface area (Å²) >= 11 is 0. The van der Waals surface area contributed by atoms with Crippen molar-refractivity contribution in [3.05, 3.63) is 33.1 Å². The number of aromatic amines is 1. The van der Waals surface area contributed by atoms with Gasteiger partial charge in [0.2, 0.25) is 5.91 Å². The minimum Gasteiger partial charge on any atom is -0.483 e. The minimum absolute atomic E-state index is 0.152. The van der Waals surface area contributed by atoms with Crippen molar-refractivity contribution >= 4 is 12.4 Å². The van der Waals surface area contributed by atoms with Crippen LogP contribution in [0, 0.1) is 0 Å². The predicted octanol–water partition coefficient (Wildman–Crippen LogP) is -1.66. The quantitative estimate of drug-likeness (QED) is 0.285. The highest BCUT2D eigenvalue weighted by Gasteiger charge is 2.03. The van der Waals surface area contributed by atoms with Crippen molar-refractivity contribution in [3.8, 4) is 0 Å². The molecule has 1 heterocycles. The average molecular weight is 388 g/mol. The lowest BCUT2D eigenvalue weighted by atomic mass is 10.4. The molecular formula is C16H28N4O7. The first kappa shape index (κ1) is 24.5. The molecule has 0 atom stereocenters. The van der Waals surface area contributed by atoms with Crippen molar-refractivity contribution in [2.45, 2.75) is 13.0 Å². The molecule has 0 radical (unpaired) electrons. The van der Waals surface area contributed by atoms with E-state index in [0.29, 0.717) is 33.0 Å². The molecule has 154 valence electrons. The highest BCUT2D eigenvalue weighted by atomic mass is 16.5. The van der Waals surface area contributed by atoms with Crippen LogP contribution in [0.1, 0.15) is 6.42 Å². The second-order valence-corrected chi connectivity index (χ2v) is 5.54. The Morgan fingerprint density at radius 2 is 1.89 bits per heavy atom. The molecule has 0 unspecified atom stereocenters. The molecule has 11 nitrogen and oxygen atoms in total. The number of carbonyl (C=O) groups is 2. The van der Waals surface area contributed by atoms with E-state index in [2.05, 4.69) is 10.3 Å². The smallest absolute Gasteiger partial charge is 0.328 e. The van der Waals surface area contributed by atoms with Crippen LogP contribution in [-0.2, 0) is 25.6 Å². The molecule has 0 saturated heterocycles. The summed E-state index contributed by atoms with van der Waals surface area (Å²) in [5, 5.41) is 9.59. The lowest BCUT2D eigenvalue weighted by Crippen LogP contribution is -2.32. The Kier molecular flexibility index (Phi) is 14.3. The van der Waals surface area contributed by atoms with Gasteiger partial charge in [0.25, 0.3) is 12.0 Å². The fourth-order valence-corrected chi connectivity index (χ4v) is 1.76. The summed E-state index contributed by atoms with van der Waals surface area (Å²) < 4.78 is 12.0. The van der Waals surface area contributed by atoms with Gasteiger partial charge in [0.1, 0.15) is 0 Å². The number of hydrogen-bond donors (Lipinski definition) is 3. The molecule has 0 aliphatic rings. The SMILES string of the molecule is CN(C)CCOCCOCCNC(=O)CCn1ccc(=O)[nH]c1=O.O=CO. The molecule has 0 aliphatic carbocycles. The van der Waals surface area contributed by atoms with Gasteiger partial charge in [-0.1, -0.05) is 0 Å². The molecule has 1 aromatic heterocycles. The van der Waals surface area contributed by atoms with E-state index in [0.717, 1.165) is 6.54 Å². The van der Waals surface area contributed by atoms with Crippen molar-refractivity contribution in [3.63, 3.8) is 0 Å². The van der Waals surface area contributed by atoms with Gasteiger partial charge in [-0.25, -0.2) is 4.79 Å². The summed E-state index contributed by atoms with van der Waals surface area (Å²) in [5.41, 5.74) is -0.976. The van der Waals surface area contributed by atoms with E-state index in [1.54, 1.807) is 0 Å². The molecule has 1 rings (SSSR count). The fraction of sp³-hybridized carbons (Fsp3) is 0.625. The number of nitrogens with zero attached hydrogens (tertiary/aromatic N) is 2. The van der Waals surface area contributed by atoms with Crippen molar-refractivity contribution in [2.24, 2.45) is 0 Å². The van der Waals surface area contributed by atoms with Gasteiger partial charge in [-0.15, -0.1) is 0 Å². The number of amides is 1. The van der Waals surface area contributed by atoms with Gasteiger partial charge >= 0.3 is 5.69 Å². The number of carboxylic acid groups (broad SMARTS) is 1. The maximum Gasteiger partial charge on any atom is 0.328 e. The zero-order valence-corrected chi connectivity index (χ0v) is 15.7. The first-order valence-electron chi connectivity index (χ1n) is 8.35. The van der Waals surface area contributed by atoms with E-state index in [1.807, 2.05) is 19.0 Å². The number of carbonyl (C=O) groups excluding carboxylic acids is 1. The topological polar surface area (TPSA) is 143 Å². The largest absolute Gasteiger partial charge is 0.483 e. The third kappa shape index (κ3) is 14.4. The number of rotatable bonds is 12. The lowest BCUT2D eigenvalue weighted by molar-refractivity contribution is -0.123. The van der Waals surface area contributed by atoms with Crippen LogP contribution in [0.25, 0.3) is 0 Å². The highest BCUT2D eigenvalue weighted by molar-refractivity contribution is 5.75. The molecule has 1 aromatic rings. The molecule has 11 heteroatoms. The summed E-state index contributed by atoms with van der Waals surface area (Å²) in [6, 6.07) is 1.24. The molecule has 0 aliphatic heterocycles. The van der Waals surface area contributed by atoms with Crippen LogP contribution in [0.2, 0.25) is 0 Å². The number of H-pyrrole nitrogens is 1. The average Bonchev–Trinajstić information content (AvgIpc) is 2.60. The fourth-order valence-electron chi connectivity index (χ4n) is 1.76. The maximum atomic E-state index is 11.6. The minimum atomic E-state index is -0.520. The number of likely N-dealkylation sites (N-methyl/N-ethyl adjacent to an activating group) is 1. The van der Waals surface area contributed by atoms with Gasteiger partial charge in [-0.3, -0.25) is 19.4 Å². The second-order valence-electron chi connectivity index (χ2n) is 5.54. The molecule has 0 saturated carbocycles.